The van der Waals surface area contributed by atoms with Crippen LogP contribution in [0.4, 0.5) is 4.39 Å². The molecule has 0 radical (unpaired) electrons. The van der Waals surface area contributed by atoms with Crippen LogP contribution in [0.3, 0.4) is 0 Å². The third-order valence-corrected chi connectivity index (χ3v) is 6.19. The number of hydrogen-bond donors (Lipinski definition) is 1. The van der Waals surface area contributed by atoms with Crippen LogP contribution in [0.5, 0.6) is 0 Å². The molecule has 20 heavy (non-hydrogen) atoms. The molecule has 7 heteroatoms. The second kappa shape index (κ2) is 5.97. The molecule has 2 atom stereocenters. The molecule has 1 aromatic rings. The first-order chi connectivity index (χ1) is 9.37. The second-order valence-electron chi connectivity index (χ2n) is 5.11. The van der Waals surface area contributed by atoms with Crippen molar-refractivity contribution in [2.45, 2.75) is 30.7 Å². The van der Waals surface area contributed by atoms with Gasteiger partial charge in [-0.3, -0.25) is 0 Å². The molecule has 0 aliphatic carbocycles. The lowest BCUT2D eigenvalue weighted by molar-refractivity contribution is 0.192. The number of piperidine rings is 1. The van der Waals surface area contributed by atoms with Crippen LogP contribution in [-0.2, 0) is 10.0 Å². The monoisotopic (exact) mass is 320 g/mol. The van der Waals surface area contributed by atoms with Gasteiger partial charge < -0.3 is 5.73 Å². The zero-order valence-corrected chi connectivity index (χ0v) is 12.8. The predicted molar refractivity (Wildman–Crippen MR) is 76.5 cm³/mol. The van der Waals surface area contributed by atoms with Gasteiger partial charge in [0.05, 0.1) is 5.02 Å². The van der Waals surface area contributed by atoms with Crippen LogP contribution < -0.4 is 5.73 Å². The third kappa shape index (κ3) is 2.83. The maximum Gasteiger partial charge on any atom is 0.244 e. The van der Waals surface area contributed by atoms with Crippen molar-refractivity contribution in [2.24, 2.45) is 11.7 Å². The number of nitrogens with zero attached hydrogens (tertiary/aromatic N) is 1. The Hall–Kier alpha value is -0.690. The van der Waals surface area contributed by atoms with Crippen molar-refractivity contribution in [3.8, 4) is 0 Å². The highest BCUT2D eigenvalue weighted by molar-refractivity contribution is 7.89. The summed E-state index contributed by atoms with van der Waals surface area (Å²) in [4.78, 5) is -0.188. The largest absolute Gasteiger partial charge is 0.329 e. The minimum absolute atomic E-state index is 0.0281. The fourth-order valence-corrected chi connectivity index (χ4v) is 4.92. The van der Waals surface area contributed by atoms with Gasteiger partial charge in [-0.1, -0.05) is 18.5 Å². The van der Waals surface area contributed by atoms with Crippen LogP contribution in [-0.4, -0.2) is 31.9 Å². The Kier molecular flexibility index (Phi) is 4.69. The quantitative estimate of drug-likeness (QED) is 0.929. The predicted octanol–water partition coefficient (Wildman–Crippen LogP) is 2.23. The van der Waals surface area contributed by atoms with Crippen molar-refractivity contribution in [3.05, 3.63) is 29.0 Å². The molecule has 0 saturated carbocycles. The smallest absolute Gasteiger partial charge is 0.244 e. The number of hydrogen-bond acceptors (Lipinski definition) is 3. The lowest BCUT2D eigenvalue weighted by Gasteiger charge is -2.38. The van der Waals surface area contributed by atoms with Gasteiger partial charge in [-0.2, -0.15) is 4.31 Å². The molecule has 0 spiro atoms. The van der Waals surface area contributed by atoms with Crippen molar-refractivity contribution < 1.29 is 12.8 Å². The van der Waals surface area contributed by atoms with Crippen molar-refractivity contribution in [2.75, 3.05) is 13.1 Å². The first-order valence-electron chi connectivity index (χ1n) is 6.55. The van der Waals surface area contributed by atoms with Crippen LogP contribution >= 0.6 is 11.6 Å². The van der Waals surface area contributed by atoms with E-state index in [-0.39, 0.29) is 28.4 Å². The van der Waals surface area contributed by atoms with Gasteiger partial charge in [0.2, 0.25) is 10.0 Å². The van der Waals surface area contributed by atoms with Crippen molar-refractivity contribution in [3.63, 3.8) is 0 Å². The molecule has 1 fully saturated rings. The molecule has 0 aromatic heterocycles. The number of halogens is 2. The zero-order valence-electron chi connectivity index (χ0n) is 11.2. The minimum Gasteiger partial charge on any atom is -0.329 e. The first-order valence-corrected chi connectivity index (χ1v) is 8.36. The Labute approximate surface area is 123 Å². The molecule has 1 aliphatic rings. The Morgan fingerprint density at radius 3 is 2.85 bits per heavy atom. The molecular weight excluding hydrogens is 303 g/mol. The van der Waals surface area contributed by atoms with E-state index in [1.54, 1.807) is 0 Å². The molecule has 2 N–H and O–H groups in total. The highest BCUT2D eigenvalue weighted by Gasteiger charge is 2.37. The van der Waals surface area contributed by atoms with E-state index < -0.39 is 15.8 Å². The van der Waals surface area contributed by atoms with E-state index in [1.807, 2.05) is 6.92 Å². The van der Waals surface area contributed by atoms with Gasteiger partial charge in [0.1, 0.15) is 10.7 Å². The number of benzene rings is 1. The fourth-order valence-electron chi connectivity index (χ4n) is 2.66. The van der Waals surface area contributed by atoms with Gasteiger partial charge >= 0.3 is 0 Å². The summed E-state index contributed by atoms with van der Waals surface area (Å²) in [5.74, 6) is -0.446. The molecule has 4 nitrogen and oxygen atoms in total. The van der Waals surface area contributed by atoms with Crippen LogP contribution in [0.2, 0.25) is 5.02 Å². The summed E-state index contributed by atoms with van der Waals surface area (Å²) in [5, 5.41) is 0.0281. The topological polar surface area (TPSA) is 63.4 Å². The summed E-state index contributed by atoms with van der Waals surface area (Å²) in [6.45, 7) is 2.61. The Balaban J connectivity index is 2.45. The van der Waals surface area contributed by atoms with Crippen LogP contribution in [0, 0.1) is 11.7 Å². The van der Waals surface area contributed by atoms with E-state index in [4.69, 9.17) is 17.3 Å². The zero-order chi connectivity index (χ0) is 14.9. The molecule has 1 aliphatic heterocycles. The number of rotatable bonds is 3. The summed E-state index contributed by atoms with van der Waals surface area (Å²) in [5.41, 5.74) is 5.71. The molecular formula is C13H18ClFN2O2S. The van der Waals surface area contributed by atoms with Crippen LogP contribution in [0.25, 0.3) is 0 Å². The standard InChI is InChI=1S/C13H18ClFN2O2S/c1-9-3-2-6-17(12(9)8-16)20(18,19)13-7-10(15)4-5-11(13)14/h4-5,7,9,12H,2-3,6,8,16H2,1H3. The fraction of sp³-hybridized carbons (Fsp3) is 0.538. The van der Waals surface area contributed by atoms with E-state index in [0.717, 1.165) is 25.0 Å². The maximum absolute atomic E-state index is 13.3. The molecule has 0 amide bonds. The summed E-state index contributed by atoms with van der Waals surface area (Å²) in [6.07, 6.45) is 1.70. The summed E-state index contributed by atoms with van der Waals surface area (Å²) in [6, 6.07) is 3.09. The van der Waals surface area contributed by atoms with E-state index in [1.165, 1.54) is 10.4 Å². The Morgan fingerprint density at radius 2 is 2.20 bits per heavy atom. The normalized spacial score (nSPS) is 24.8. The van der Waals surface area contributed by atoms with E-state index >= 15 is 0 Å². The van der Waals surface area contributed by atoms with Crippen molar-refractivity contribution in [1.29, 1.82) is 0 Å². The molecule has 2 rings (SSSR count). The second-order valence-corrected chi connectivity index (χ2v) is 7.38. The SMILES string of the molecule is CC1CCCN(S(=O)(=O)c2cc(F)ccc2Cl)C1CN. The number of nitrogens with two attached hydrogens (primary N) is 1. The van der Waals surface area contributed by atoms with Gasteiger partial charge in [0.25, 0.3) is 0 Å². The van der Waals surface area contributed by atoms with Gasteiger partial charge in [0, 0.05) is 19.1 Å². The summed E-state index contributed by atoms with van der Waals surface area (Å²) < 4.78 is 40.1. The van der Waals surface area contributed by atoms with E-state index in [0.29, 0.717) is 6.54 Å². The third-order valence-electron chi connectivity index (χ3n) is 3.79. The molecule has 0 bridgehead atoms. The highest BCUT2D eigenvalue weighted by Crippen LogP contribution is 2.31. The summed E-state index contributed by atoms with van der Waals surface area (Å²) in [7, 11) is -3.83. The first kappa shape index (κ1) is 15.7. The van der Waals surface area contributed by atoms with Gasteiger partial charge in [-0.05, 0) is 37.0 Å². The van der Waals surface area contributed by atoms with Crippen molar-refractivity contribution >= 4 is 21.6 Å². The lowest BCUT2D eigenvalue weighted by atomic mass is 9.93. The summed E-state index contributed by atoms with van der Waals surface area (Å²) >= 11 is 5.92. The minimum atomic E-state index is -3.83. The average Bonchev–Trinajstić information content (AvgIpc) is 2.41. The van der Waals surface area contributed by atoms with Gasteiger partial charge in [-0.25, -0.2) is 12.8 Å². The molecule has 1 saturated heterocycles. The van der Waals surface area contributed by atoms with Crippen LogP contribution in [0.15, 0.2) is 23.1 Å². The van der Waals surface area contributed by atoms with Gasteiger partial charge in [-0.15, -0.1) is 0 Å². The Morgan fingerprint density at radius 1 is 1.50 bits per heavy atom. The molecule has 2 unspecified atom stereocenters. The van der Waals surface area contributed by atoms with E-state index in [2.05, 4.69) is 0 Å². The molecule has 1 heterocycles. The molecule has 1 aromatic carbocycles. The number of sulfonamides is 1. The highest BCUT2D eigenvalue weighted by atomic mass is 35.5. The lowest BCUT2D eigenvalue weighted by Crippen LogP contribution is -2.51. The van der Waals surface area contributed by atoms with Gasteiger partial charge in [0.15, 0.2) is 0 Å². The molecule has 112 valence electrons. The Bertz CT molecular complexity index is 594. The average molecular weight is 321 g/mol. The maximum atomic E-state index is 13.3. The van der Waals surface area contributed by atoms with Crippen molar-refractivity contribution in [1.82, 2.24) is 4.31 Å². The van der Waals surface area contributed by atoms with E-state index in [9.17, 15) is 12.8 Å². The van der Waals surface area contributed by atoms with Crippen LogP contribution in [0.1, 0.15) is 19.8 Å².